The average molecular weight is 295 g/mol. The Bertz CT molecular complexity index is 325. The second-order valence-electron chi connectivity index (χ2n) is 6.60. The van der Waals surface area contributed by atoms with Crippen LogP contribution in [0.2, 0.25) is 0 Å². The van der Waals surface area contributed by atoms with Gasteiger partial charge in [0.05, 0.1) is 6.54 Å². The van der Waals surface area contributed by atoms with Crippen molar-refractivity contribution in [2.45, 2.75) is 51.1 Å². The molecule has 1 aliphatic heterocycles. The van der Waals surface area contributed by atoms with E-state index >= 15 is 0 Å². The molecule has 1 heterocycles. The summed E-state index contributed by atoms with van der Waals surface area (Å²) in [7, 11) is 4.42. The van der Waals surface area contributed by atoms with E-state index in [0.29, 0.717) is 12.1 Å². The Labute approximate surface area is 130 Å². The lowest BCUT2D eigenvalue weighted by atomic mass is 9.96. The number of rotatable bonds is 4. The first-order valence-electron chi connectivity index (χ1n) is 8.62. The van der Waals surface area contributed by atoms with Crippen molar-refractivity contribution in [1.29, 1.82) is 0 Å². The van der Waals surface area contributed by atoms with Gasteiger partial charge in [-0.05, 0) is 33.9 Å². The summed E-state index contributed by atoms with van der Waals surface area (Å²) in [4.78, 5) is 9.68. The lowest BCUT2D eigenvalue weighted by molar-refractivity contribution is 0.119. The van der Waals surface area contributed by atoms with Crippen LogP contribution in [-0.4, -0.2) is 74.7 Å². The molecule has 5 nitrogen and oxygen atoms in total. The molecule has 1 saturated heterocycles. The second kappa shape index (κ2) is 8.59. The van der Waals surface area contributed by atoms with Gasteiger partial charge < -0.3 is 15.5 Å². The SMILES string of the molecule is CCNC(=NCC1CN(C)CCN1C)NC1CCCCC1. The Morgan fingerprint density at radius 3 is 2.62 bits per heavy atom. The monoisotopic (exact) mass is 295 g/mol. The van der Waals surface area contributed by atoms with Crippen molar-refractivity contribution in [3.8, 4) is 0 Å². The number of hydrogen-bond donors (Lipinski definition) is 2. The molecule has 0 bridgehead atoms. The summed E-state index contributed by atoms with van der Waals surface area (Å²) < 4.78 is 0. The summed E-state index contributed by atoms with van der Waals surface area (Å²) in [6, 6.07) is 1.15. The zero-order valence-corrected chi connectivity index (χ0v) is 14.1. The fourth-order valence-electron chi connectivity index (χ4n) is 3.26. The van der Waals surface area contributed by atoms with E-state index in [1.807, 2.05) is 0 Å². The first kappa shape index (κ1) is 16.6. The van der Waals surface area contributed by atoms with Crippen molar-refractivity contribution >= 4 is 5.96 Å². The first-order valence-corrected chi connectivity index (χ1v) is 8.62. The minimum Gasteiger partial charge on any atom is -0.357 e. The fourth-order valence-corrected chi connectivity index (χ4v) is 3.26. The van der Waals surface area contributed by atoms with E-state index in [4.69, 9.17) is 4.99 Å². The van der Waals surface area contributed by atoms with E-state index in [-0.39, 0.29) is 0 Å². The minimum absolute atomic E-state index is 0.533. The maximum absolute atomic E-state index is 4.84. The Morgan fingerprint density at radius 1 is 1.14 bits per heavy atom. The molecule has 5 heteroatoms. The zero-order chi connectivity index (χ0) is 15.1. The van der Waals surface area contributed by atoms with Crippen LogP contribution in [0.4, 0.5) is 0 Å². The highest BCUT2D eigenvalue weighted by Crippen LogP contribution is 2.17. The van der Waals surface area contributed by atoms with E-state index < -0.39 is 0 Å². The largest absolute Gasteiger partial charge is 0.357 e. The van der Waals surface area contributed by atoms with Crippen molar-refractivity contribution in [3.63, 3.8) is 0 Å². The van der Waals surface area contributed by atoms with Gasteiger partial charge in [0.2, 0.25) is 0 Å². The van der Waals surface area contributed by atoms with Crippen molar-refractivity contribution < 1.29 is 0 Å². The molecule has 0 aromatic rings. The molecule has 1 unspecified atom stereocenters. The maximum Gasteiger partial charge on any atom is 0.191 e. The van der Waals surface area contributed by atoms with Crippen LogP contribution in [0.15, 0.2) is 4.99 Å². The highest BCUT2D eigenvalue weighted by molar-refractivity contribution is 5.80. The third-order valence-electron chi connectivity index (χ3n) is 4.73. The van der Waals surface area contributed by atoms with Gasteiger partial charge in [-0.3, -0.25) is 9.89 Å². The van der Waals surface area contributed by atoms with Gasteiger partial charge in [-0.2, -0.15) is 0 Å². The molecule has 0 aromatic heterocycles. The maximum atomic E-state index is 4.84. The number of aliphatic imine (C=N–C) groups is 1. The van der Waals surface area contributed by atoms with Crippen molar-refractivity contribution in [2.75, 3.05) is 46.8 Å². The minimum atomic E-state index is 0.533. The molecule has 1 atom stereocenters. The van der Waals surface area contributed by atoms with Crippen LogP contribution in [0, 0.1) is 0 Å². The number of piperazine rings is 1. The molecular weight excluding hydrogens is 262 g/mol. The third-order valence-corrected chi connectivity index (χ3v) is 4.73. The van der Waals surface area contributed by atoms with Crippen LogP contribution in [0.3, 0.4) is 0 Å². The smallest absolute Gasteiger partial charge is 0.191 e. The van der Waals surface area contributed by atoms with Crippen LogP contribution in [0.1, 0.15) is 39.0 Å². The normalized spacial score (nSPS) is 26.8. The van der Waals surface area contributed by atoms with E-state index in [9.17, 15) is 0 Å². The quantitative estimate of drug-likeness (QED) is 0.602. The fraction of sp³-hybridized carbons (Fsp3) is 0.938. The number of likely N-dealkylation sites (N-methyl/N-ethyl adjacent to an activating group) is 2. The van der Waals surface area contributed by atoms with Gasteiger partial charge in [0, 0.05) is 38.3 Å². The summed E-state index contributed by atoms with van der Waals surface area (Å²) in [5.74, 6) is 1.01. The second-order valence-corrected chi connectivity index (χ2v) is 6.60. The van der Waals surface area contributed by atoms with Crippen LogP contribution in [0.25, 0.3) is 0 Å². The number of nitrogens with zero attached hydrogens (tertiary/aromatic N) is 3. The molecule has 2 rings (SSSR count). The van der Waals surface area contributed by atoms with Gasteiger partial charge in [-0.15, -0.1) is 0 Å². The van der Waals surface area contributed by atoms with Gasteiger partial charge in [0.1, 0.15) is 0 Å². The van der Waals surface area contributed by atoms with Gasteiger partial charge >= 0.3 is 0 Å². The standard InChI is InChI=1S/C16H33N5/c1-4-17-16(19-14-8-6-5-7-9-14)18-12-15-13-20(2)10-11-21(15)3/h14-15H,4-13H2,1-3H3,(H2,17,18,19). The van der Waals surface area contributed by atoms with Crippen LogP contribution in [-0.2, 0) is 0 Å². The molecule has 0 radical (unpaired) electrons. The lowest BCUT2D eigenvalue weighted by Crippen LogP contribution is -2.52. The van der Waals surface area contributed by atoms with Crippen molar-refractivity contribution in [1.82, 2.24) is 20.4 Å². The third kappa shape index (κ3) is 5.47. The highest BCUT2D eigenvalue weighted by Gasteiger charge is 2.22. The summed E-state index contributed by atoms with van der Waals surface area (Å²) in [5, 5.41) is 7.03. The molecule has 1 aliphatic carbocycles. The molecule has 122 valence electrons. The Hall–Kier alpha value is -0.810. The van der Waals surface area contributed by atoms with Crippen LogP contribution in [0.5, 0.6) is 0 Å². The van der Waals surface area contributed by atoms with Gasteiger partial charge in [0.25, 0.3) is 0 Å². The van der Waals surface area contributed by atoms with E-state index in [1.165, 1.54) is 32.1 Å². The van der Waals surface area contributed by atoms with Crippen LogP contribution < -0.4 is 10.6 Å². The van der Waals surface area contributed by atoms with Crippen LogP contribution >= 0.6 is 0 Å². The average Bonchev–Trinajstić information content (AvgIpc) is 2.49. The number of guanidine groups is 1. The number of hydrogen-bond acceptors (Lipinski definition) is 3. The topological polar surface area (TPSA) is 42.9 Å². The Kier molecular flexibility index (Phi) is 6.77. The summed E-state index contributed by atoms with van der Waals surface area (Å²) in [6.07, 6.45) is 6.68. The van der Waals surface area contributed by atoms with Gasteiger partial charge in [-0.1, -0.05) is 19.3 Å². The van der Waals surface area contributed by atoms with Gasteiger partial charge in [-0.25, -0.2) is 0 Å². The highest BCUT2D eigenvalue weighted by atomic mass is 15.3. The van der Waals surface area contributed by atoms with Crippen molar-refractivity contribution in [2.24, 2.45) is 4.99 Å². The molecule has 2 aliphatic rings. The molecule has 0 amide bonds. The predicted molar refractivity (Wildman–Crippen MR) is 89.9 cm³/mol. The Morgan fingerprint density at radius 2 is 1.90 bits per heavy atom. The molecule has 2 N–H and O–H groups in total. The van der Waals surface area contributed by atoms with Crippen molar-refractivity contribution in [3.05, 3.63) is 0 Å². The number of nitrogens with one attached hydrogen (secondary N) is 2. The molecule has 21 heavy (non-hydrogen) atoms. The summed E-state index contributed by atoms with van der Waals surface area (Å²) in [5.41, 5.74) is 0. The first-order chi connectivity index (χ1) is 10.2. The van der Waals surface area contributed by atoms with E-state index in [2.05, 4.69) is 41.5 Å². The predicted octanol–water partition coefficient (Wildman–Crippen LogP) is 1.12. The van der Waals surface area contributed by atoms with E-state index in [1.54, 1.807) is 0 Å². The molecule has 0 spiro atoms. The lowest BCUT2D eigenvalue weighted by Gasteiger charge is -2.37. The zero-order valence-electron chi connectivity index (χ0n) is 14.1. The molecule has 2 fully saturated rings. The molecule has 1 saturated carbocycles. The summed E-state index contributed by atoms with van der Waals surface area (Å²) in [6.45, 7) is 7.36. The summed E-state index contributed by atoms with van der Waals surface area (Å²) >= 11 is 0. The van der Waals surface area contributed by atoms with E-state index in [0.717, 1.165) is 38.7 Å². The van der Waals surface area contributed by atoms with Gasteiger partial charge in [0.15, 0.2) is 5.96 Å². The molecular formula is C16H33N5. The molecule has 0 aromatic carbocycles. The Balaban J connectivity index is 1.86.